The SMILES string of the molecule is COc1ccc(-n2c(C)c3cnnc(NCC4CCCO4)c3c2C)cc1. The van der Waals surface area contributed by atoms with Crippen molar-refractivity contribution in [3.63, 3.8) is 0 Å². The largest absolute Gasteiger partial charge is 0.497 e. The predicted molar refractivity (Wildman–Crippen MR) is 102 cm³/mol. The Kier molecular flexibility index (Phi) is 4.51. The van der Waals surface area contributed by atoms with Crippen molar-refractivity contribution in [2.75, 3.05) is 25.6 Å². The molecule has 1 fully saturated rings. The molecule has 0 aliphatic carbocycles. The third-order valence-electron chi connectivity index (χ3n) is 5.12. The van der Waals surface area contributed by atoms with Gasteiger partial charge in [0, 0.05) is 41.0 Å². The van der Waals surface area contributed by atoms with Crippen LogP contribution in [0.15, 0.2) is 30.5 Å². The number of aryl methyl sites for hydroxylation is 2. The van der Waals surface area contributed by atoms with E-state index in [1.54, 1.807) is 7.11 Å². The van der Waals surface area contributed by atoms with Gasteiger partial charge in [-0.25, -0.2) is 0 Å². The monoisotopic (exact) mass is 352 g/mol. The molecular formula is C20H24N4O2. The molecule has 6 heteroatoms. The van der Waals surface area contributed by atoms with Gasteiger partial charge in [0.2, 0.25) is 0 Å². The second-order valence-electron chi connectivity index (χ2n) is 6.70. The Morgan fingerprint density at radius 1 is 1.23 bits per heavy atom. The molecular weight excluding hydrogens is 328 g/mol. The maximum absolute atomic E-state index is 5.71. The highest BCUT2D eigenvalue weighted by molar-refractivity contribution is 5.96. The number of benzene rings is 1. The normalized spacial score (nSPS) is 17.0. The lowest BCUT2D eigenvalue weighted by Gasteiger charge is -2.12. The highest BCUT2D eigenvalue weighted by Gasteiger charge is 2.19. The van der Waals surface area contributed by atoms with E-state index in [4.69, 9.17) is 9.47 Å². The molecule has 1 N–H and O–H groups in total. The standard InChI is InChI=1S/C20H24N4O2/c1-13-18-12-22-23-20(21-11-17-5-4-10-26-17)19(18)14(2)24(13)15-6-8-16(25-3)9-7-15/h6-9,12,17H,4-5,10-11H2,1-3H3,(H,21,23). The van der Waals surface area contributed by atoms with Gasteiger partial charge in [0.1, 0.15) is 5.75 Å². The molecule has 4 rings (SSSR count). The number of nitrogens with zero attached hydrogens (tertiary/aromatic N) is 3. The predicted octanol–water partition coefficient (Wildman–Crippen LogP) is 3.64. The van der Waals surface area contributed by atoms with E-state index in [0.29, 0.717) is 0 Å². The molecule has 1 saturated heterocycles. The Morgan fingerprint density at radius 2 is 2.04 bits per heavy atom. The van der Waals surface area contributed by atoms with Crippen LogP contribution in [0.4, 0.5) is 5.82 Å². The molecule has 1 atom stereocenters. The summed E-state index contributed by atoms with van der Waals surface area (Å²) in [5.74, 6) is 1.67. The first kappa shape index (κ1) is 16.8. The zero-order valence-electron chi connectivity index (χ0n) is 15.5. The van der Waals surface area contributed by atoms with E-state index in [1.165, 1.54) is 0 Å². The van der Waals surface area contributed by atoms with Gasteiger partial charge in [0.15, 0.2) is 5.82 Å². The van der Waals surface area contributed by atoms with Gasteiger partial charge in [-0.05, 0) is 51.0 Å². The van der Waals surface area contributed by atoms with Gasteiger partial charge in [0.05, 0.1) is 19.4 Å². The van der Waals surface area contributed by atoms with Crippen LogP contribution in [0.2, 0.25) is 0 Å². The van der Waals surface area contributed by atoms with E-state index in [2.05, 4.69) is 46.1 Å². The number of nitrogens with one attached hydrogen (secondary N) is 1. The van der Waals surface area contributed by atoms with Crippen molar-refractivity contribution in [1.29, 1.82) is 0 Å². The van der Waals surface area contributed by atoms with Crippen LogP contribution in [0.5, 0.6) is 5.75 Å². The highest BCUT2D eigenvalue weighted by Crippen LogP contribution is 2.32. The molecule has 26 heavy (non-hydrogen) atoms. The fourth-order valence-electron chi connectivity index (χ4n) is 3.77. The van der Waals surface area contributed by atoms with Gasteiger partial charge in [-0.1, -0.05) is 0 Å². The molecule has 136 valence electrons. The van der Waals surface area contributed by atoms with Crippen LogP contribution in [-0.2, 0) is 4.74 Å². The second-order valence-corrected chi connectivity index (χ2v) is 6.70. The van der Waals surface area contributed by atoms with E-state index in [0.717, 1.165) is 65.4 Å². The summed E-state index contributed by atoms with van der Waals surface area (Å²) in [5.41, 5.74) is 3.40. The number of hydrogen-bond donors (Lipinski definition) is 1. The summed E-state index contributed by atoms with van der Waals surface area (Å²) >= 11 is 0. The maximum Gasteiger partial charge on any atom is 0.158 e. The van der Waals surface area contributed by atoms with Crippen LogP contribution in [-0.4, -0.2) is 41.1 Å². The molecule has 0 saturated carbocycles. The molecule has 3 heterocycles. The minimum absolute atomic E-state index is 0.261. The zero-order valence-corrected chi connectivity index (χ0v) is 15.5. The summed E-state index contributed by atoms with van der Waals surface area (Å²) in [6, 6.07) is 8.09. The minimum atomic E-state index is 0.261. The van der Waals surface area contributed by atoms with Crippen molar-refractivity contribution in [2.45, 2.75) is 32.8 Å². The molecule has 1 unspecified atom stereocenters. The van der Waals surface area contributed by atoms with E-state index < -0.39 is 0 Å². The Labute approximate surface area is 153 Å². The second kappa shape index (κ2) is 6.96. The smallest absolute Gasteiger partial charge is 0.158 e. The summed E-state index contributed by atoms with van der Waals surface area (Å²) in [6.07, 6.45) is 4.34. The molecule has 1 aromatic carbocycles. The third kappa shape index (κ3) is 2.90. The number of rotatable bonds is 5. The molecule has 0 amide bonds. The van der Waals surface area contributed by atoms with Crippen LogP contribution in [0.1, 0.15) is 24.2 Å². The Bertz CT molecular complexity index is 912. The summed E-state index contributed by atoms with van der Waals surface area (Å²) in [7, 11) is 1.68. The van der Waals surface area contributed by atoms with E-state index in [9.17, 15) is 0 Å². The average molecular weight is 352 g/mol. The fraction of sp³-hybridized carbons (Fsp3) is 0.400. The quantitative estimate of drug-likeness (QED) is 0.760. The molecule has 2 aromatic heterocycles. The van der Waals surface area contributed by atoms with Crippen molar-refractivity contribution < 1.29 is 9.47 Å². The summed E-state index contributed by atoms with van der Waals surface area (Å²) in [6.45, 7) is 5.86. The summed E-state index contributed by atoms with van der Waals surface area (Å²) in [5, 5.41) is 14.2. The number of ether oxygens (including phenoxy) is 2. The van der Waals surface area contributed by atoms with Gasteiger partial charge in [0.25, 0.3) is 0 Å². The molecule has 1 aliphatic heterocycles. The van der Waals surface area contributed by atoms with Crippen LogP contribution >= 0.6 is 0 Å². The highest BCUT2D eigenvalue weighted by atomic mass is 16.5. The number of methoxy groups -OCH3 is 1. The van der Waals surface area contributed by atoms with E-state index >= 15 is 0 Å². The first-order valence-corrected chi connectivity index (χ1v) is 9.02. The molecule has 3 aromatic rings. The Morgan fingerprint density at radius 3 is 2.73 bits per heavy atom. The van der Waals surface area contributed by atoms with Gasteiger partial charge in [-0.15, -0.1) is 5.10 Å². The van der Waals surface area contributed by atoms with Gasteiger partial charge in [-0.2, -0.15) is 5.10 Å². The lowest BCUT2D eigenvalue weighted by molar-refractivity contribution is 0.120. The molecule has 1 aliphatic rings. The van der Waals surface area contributed by atoms with Crippen LogP contribution in [0, 0.1) is 13.8 Å². The van der Waals surface area contributed by atoms with Crippen LogP contribution in [0.3, 0.4) is 0 Å². The number of fused-ring (bicyclic) bond motifs is 1. The minimum Gasteiger partial charge on any atom is -0.497 e. The van der Waals surface area contributed by atoms with E-state index in [1.807, 2.05) is 18.3 Å². The van der Waals surface area contributed by atoms with Gasteiger partial charge in [-0.3, -0.25) is 0 Å². The fourth-order valence-corrected chi connectivity index (χ4v) is 3.77. The van der Waals surface area contributed by atoms with Crippen LogP contribution in [0.25, 0.3) is 16.5 Å². The molecule has 0 radical (unpaired) electrons. The van der Waals surface area contributed by atoms with Gasteiger partial charge >= 0.3 is 0 Å². The van der Waals surface area contributed by atoms with Gasteiger partial charge < -0.3 is 19.4 Å². The van der Waals surface area contributed by atoms with Crippen molar-refractivity contribution >= 4 is 16.6 Å². The van der Waals surface area contributed by atoms with E-state index in [-0.39, 0.29) is 6.10 Å². The average Bonchev–Trinajstić information content (AvgIpc) is 3.28. The molecule has 0 spiro atoms. The van der Waals surface area contributed by atoms with Crippen molar-refractivity contribution in [3.05, 3.63) is 41.9 Å². The first-order valence-electron chi connectivity index (χ1n) is 9.02. The number of hydrogen-bond acceptors (Lipinski definition) is 5. The van der Waals surface area contributed by atoms with Crippen molar-refractivity contribution in [2.24, 2.45) is 0 Å². The number of aromatic nitrogens is 3. The lowest BCUT2D eigenvalue weighted by Crippen LogP contribution is -2.19. The Balaban J connectivity index is 1.73. The summed E-state index contributed by atoms with van der Waals surface area (Å²) in [4.78, 5) is 0. The molecule has 0 bridgehead atoms. The third-order valence-corrected chi connectivity index (χ3v) is 5.12. The summed E-state index contributed by atoms with van der Waals surface area (Å²) < 4.78 is 13.2. The van der Waals surface area contributed by atoms with Crippen LogP contribution < -0.4 is 10.1 Å². The zero-order chi connectivity index (χ0) is 18.1. The first-order chi connectivity index (χ1) is 12.7. The van der Waals surface area contributed by atoms with Crippen molar-refractivity contribution in [3.8, 4) is 11.4 Å². The number of anilines is 1. The Hall–Kier alpha value is -2.60. The van der Waals surface area contributed by atoms with Crippen molar-refractivity contribution in [1.82, 2.24) is 14.8 Å². The molecule has 6 nitrogen and oxygen atoms in total. The maximum atomic E-state index is 5.71. The lowest BCUT2D eigenvalue weighted by atomic mass is 10.2. The topological polar surface area (TPSA) is 61.2 Å².